The summed E-state index contributed by atoms with van der Waals surface area (Å²) in [5.41, 5.74) is 7.37. The first-order valence-corrected chi connectivity index (χ1v) is 5.67. The van der Waals surface area contributed by atoms with E-state index in [-0.39, 0.29) is 0 Å². The molecule has 0 saturated carbocycles. The molecule has 1 aromatic heterocycles. The highest BCUT2D eigenvalue weighted by atomic mass is 35.5. The van der Waals surface area contributed by atoms with E-state index in [1.165, 1.54) is 6.20 Å². The first kappa shape index (κ1) is 12.0. The molecule has 0 spiro atoms. The largest absolute Gasteiger partial charge is 0.438 e. The Morgan fingerprint density at radius 1 is 1.24 bits per heavy atom. The summed E-state index contributed by atoms with van der Waals surface area (Å²) >= 11 is 11.7. The van der Waals surface area contributed by atoms with Crippen molar-refractivity contribution in [1.82, 2.24) is 4.98 Å². The lowest BCUT2D eigenvalue weighted by Gasteiger charge is -2.08. The molecule has 0 fully saturated rings. The lowest BCUT2D eigenvalue weighted by molar-refractivity contribution is 0.463. The fourth-order valence-electron chi connectivity index (χ4n) is 1.30. The molecule has 5 heteroatoms. The minimum absolute atomic E-state index is 0.320. The summed E-state index contributed by atoms with van der Waals surface area (Å²) in [5, 5.41) is 0.836. The van der Waals surface area contributed by atoms with Crippen LogP contribution in [0.15, 0.2) is 30.5 Å². The summed E-state index contributed by atoms with van der Waals surface area (Å²) in [6.07, 6.45) is 1.48. The van der Waals surface area contributed by atoms with Crippen LogP contribution in [0.3, 0.4) is 0 Å². The second kappa shape index (κ2) is 4.82. The molecule has 1 heterocycles. The molecule has 2 N–H and O–H groups in total. The lowest BCUT2D eigenvalue weighted by Crippen LogP contribution is -1.92. The standard InChI is InChI=1S/C12H10Cl2N2O/c1-7-4-9(2-3-11(7)15)17-12-10(14)5-8(13)6-16-12/h2-6H,15H2,1H3. The van der Waals surface area contributed by atoms with Gasteiger partial charge in [-0.05, 0) is 36.8 Å². The van der Waals surface area contributed by atoms with E-state index in [1.807, 2.05) is 13.0 Å². The molecule has 0 aliphatic heterocycles. The third kappa shape index (κ3) is 2.81. The van der Waals surface area contributed by atoms with E-state index in [9.17, 15) is 0 Å². The van der Waals surface area contributed by atoms with Gasteiger partial charge in [0, 0.05) is 11.9 Å². The maximum Gasteiger partial charge on any atom is 0.238 e. The number of anilines is 1. The Morgan fingerprint density at radius 2 is 2.00 bits per heavy atom. The maximum atomic E-state index is 5.95. The average molecular weight is 269 g/mol. The van der Waals surface area contributed by atoms with Crippen LogP contribution in [0.1, 0.15) is 5.56 Å². The van der Waals surface area contributed by atoms with Gasteiger partial charge in [-0.15, -0.1) is 0 Å². The summed E-state index contributed by atoms with van der Waals surface area (Å²) in [7, 11) is 0. The van der Waals surface area contributed by atoms with Gasteiger partial charge in [-0.1, -0.05) is 23.2 Å². The molecule has 0 aliphatic carbocycles. The molecule has 88 valence electrons. The van der Waals surface area contributed by atoms with Crippen molar-refractivity contribution >= 4 is 28.9 Å². The van der Waals surface area contributed by atoms with E-state index in [4.69, 9.17) is 33.7 Å². The summed E-state index contributed by atoms with van der Waals surface area (Å²) in [4.78, 5) is 4.01. The molecular formula is C12H10Cl2N2O. The fourth-order valence-corrected chi connectivity index (χ4v) is 1.72. The molecule has 0 bridgehead atoms. The van der Waals surface area contributed by atoms with Crippen molar-refractivity contribution in [3.05, 3.63) is 46.1 Å². The van der Waals surface area contributed by atoms with E-state index in [2.05, 4.69) is 4.98 Å². The third-order valence-corrected chi connectivity index (χ3v) is 2.71. The molecule has 0 saturated heterocycles. The highest BCUT2D eigenvalue weighted by molar-refractivity contribution is 6.35. The third-order valence-electron chi connectivity index (χ3n) is 2.23. The van der Waals surface area contributed by atoms with Gasteiger partial charge in [0.25, 0.3) is 0 Å². The Kier molecular flexibility index (Phi) is 3.41. The number of nitrogens with zero attached hydrogens (tertiary/aromatic N) is 1. The predicted molar refractivity (Wildman–Crippen MR) is 69.9 cm³/mol. The number of rotatable bonds is 2. The van der Waals surface area contributed by atoms with E-state index in [0.717, 1.165) is 5.56 Å². The van der Waals surface area contributed by atoms with Gasteiger partial charge >= 0.3 is 0 Å². The van der Waals surface area contributed by atoms with Gasteiger partial charge in [0.15, 0.2) is 0 Å². The van der Waals surface area contributed by atoms with Crippen molar-refractivity contribution in [1.29, 1.82) is 0 Å². The second-order valence-electron chi connectivity index (χ2n) is 3.56. The van der Waals surface area contributed by atoms with Crippen molar-refractivity contribution in [3.63, 3.8) is 0 Å². The van der Waals surface area contributed by atoms with Gasteiger partial charge in [0.2, 0.25) is 5.88 Å². The molecule has 2 rings (SSSR count). The van der Waals surface area contributed by atoms with E-state index >= 15 is 0 Å². The van der Waals surface area contributed by atoms with Crippen molar-refractivity contribution in [3.8, 4) is 11.6 Å². The quantitative estimate of drug-likeness (QED) is 0.836. The maximum absolute atomic E-state index is 5.95. The van der Waals surface area contributed by atoms with Crippen LogP contribution < -0.4 is 10.5 Å². The van der Waals surface area contributed by atoms with Crippen molar-refractivity contribution in [2.24, 2.45) is 0 Å². The highest BCUT2D eigenvalue weighted by Gasteiger charge is 2.06. The van der Waals surface area contributed by atoms with Gasteiger partial charge in [-0.2, -0.15) is 0 Å². The van der Waals surface area contributed by atoms with E-state index in [0.29, 0.717) is 27.4 Å². The van der Waals surface area contributed by atoms with Crippen LogP contribution in [0.4, 0.5) is 5.69 Å². The number of benzene rings is 1. The summed E-state index contributed by atoms with van der Waals surface area (Å²) in [5.74, 6) is 0.952. The number of aromatic nitrogens is 1. The number of ether oxygens (including phenoxy) is 1. The van der Waals surface area contributed by atoms with Crippen LogP contribution in [0.5, 0.6) is 11.6 Å². The summed E-state index contributed by atoms with van der Waals surface area (Å²) in [6.45, 7) is 1.90. The van der Waals surface area contributed by atoms with Crippen LogP contribution in [0.2, 0.25) is 10.0 Å². The van der Waals surface area contributed by atoms with E-state index < -0.39 is 0 Å². The first-order valence-electron chi connectivity index (χ1n) is 4.91. The zero-order chi connectivity index (χ0) is 12.4. The minimum atomic E-state index is 0.320. The Hall–Kier alpha value is -1.45. The zero-order valence-electron chi connectivity index (χ0n) is 9.08. The summed E-state index contributed by atoms with van der Waals surface area (Å²) in [6, 6.07) is 6.93. The van der Waals surface area contributed by atoms with Gasteiger partial charge in [-0.25, -0.2) is 4.98 Å². The number of hydrogen-bond acceptors (Lipinski definition) is 3. The van der Waals surface area contributed by atoms with Gasteiger partial charge in [0.1, 0.15) is 10.8 Å². The predicted octanol–water partition coefficient (Wildman–Crippen LogP) is 4.07. The molecule has 2 aromatic rings. The molecule has 0 aliphatic rings. The van der Waals surface area contributed by atoms with Crippen LogP contribution >= 0.6 is 23.2 Å². The van der Waals surface area contributed by atoms with Crippen LogP contribution in [-0.4, -0.2) is 4.98 Å². The normalized spacial score (nSPS) is 10.3. The Bertz CT molecular complexity index is 558. The molecule has 0 unspecified atom stereocenters. The molecule has 3 nitrogen and oxygen atoms in total. The number of pyridine rings is 1. The monoisotopic (exact) mass is 268 g/mol. The van der Waals surface area contributed by atoms with Crippen LogP contribution in [0, 0.1) is 6.92 Å². The molecule has 0 atom stereocenters. The molecule has 0 amide bonds. The van der Waals surface area contributed by atoms with E-state index in [1.54, 1.807) is 18.2 Å². The smallest absolute Gasteiger partial charge is 0.238 e. The molecule has 0 radical (unpaired) electrons. The van der Waals surface area contributed by atoms with Gasteiger partial charge < -0.3 is 10.5 Å². The Morgan fingerprint density at radius 3 is 2.65 bits per heavy atom. The number of nitrogens with two attached hydrogens (primary N) is 1. The topological polar surface area (TPSA) is 48.1 Å². The number of nitrogen functional groups attached to an aromatic ring is 1. The summed E-state index contributed by atoms with van der Waals surface area (Å²) < 4.78 is 5.54. The highest BCUT2D eigenvalue weighted by Crippen LogP contribution is 2.30. The number of aryl methyl sites for hydroxylation is 1. The minimum Gasteiger partial charge on any atom is -0.438 e. The van der Waals surface area contributed by atoms with Gasteiger partial charge in [-0.3, -0.25) is 0 Å². The average Bonchev–Trinajstić information content (AvgIpc) is 2.27. The Labute approximate surface area is 109 Å². The van der Waals surface area contributed by atoms with Crippen molar-refractivity contribution in [2.75, 3.05) is 5.73 Å². The molecular weight excluding hydrogens is 259 g/mol. The van der Waals surface area contributed by atoms with Crippen molar-refractivity contribution < 1.29 is 4.74 Å². The molecule has 1 aromatic carbocycles. The van der Waals surface area contributed by atoms with Crippen LogP contribution in [0.25, 0.3) is 0 Å². The second-order valence-corrected chi connectivity index (χ2v) is 4.40. The SMILES string of the molecule is Cc1cc(Oc2ncc(Cl)cc2Cl)ccc1N. The lowest BCUT2D eigenvalue weighted by atomic mass is 10.2. The first-order chi connectivity index (χ1) is 8.06. The fraction of sp³-hybridized carbons (Fsp3) is 0.0833. The number of halogens is 2. The number of hydrogen-bond donors (Lipinski definition) is 1. The van der Waals surface area contributed by atoms with Crippen molar-refractivity contribution in [2.45, 2.75) is 6.92 Å². The van der Waals surface area contributed by atoms with Gasteiger partial charge in [0.05, 0.1) is 5.02 Å². The zero-order valence-corrected chi connectivity index (χ0v) is 10.6. The van der Waals surface area contributed by atoms with Crippen LogP contribution in [-0.2, 0) is 0 Å². The molecule has 17 heavy (non-hydrogen) atoms. The Balaban J connectivity index is 2.28.